The molecule has 0 atom stereocenters. The Labute approximate surface area is 121 Å². The first kappa shape index (κ1) is 18.1. The van der Waals surface area contributed by atoms with Gasteiger partial charge >= 0.3 is 0 Å². The number of hydrogen-bond acceptors (Lipinski definition) is 3. The number of rotatable bonds is 3. The van der Waals surface area contributed by atoms with Gasteiger partial charge in [0.1, 0.15) is 5.01 Å². The molecular formula is C15H28N2OS. The van der Waals surface area contributed by atoms with E-state index in [1.807, 2.05) is 12.3 Å². The minimum atomic E-state index is 0.0445. The van der Waals surface area contributed by atoms with Crippen molar-refractivity contribution >= 4 is 17.2 Å². The Morgan fingerprint density at radius 1 is 1.37 bits per heavy atom. The molecule has 0 unspecified atom stereocenters. The molecule has 1 N–H and O–H groups in total. The number of thiazole rings is 1. The van der Waals surface area contributed by atoms with E-state index in [1.54, 1.807) is 11.3 Å². The minimum absolute atomic E-state index is 0.0445. The van der Waals surface area contributed by atoms with Crippen LogP contribution in [0.1, 0.15) is 58.7 Å². The van der Waals surface area contributed by atoms with Gasteiger partial charge in [0.15, 0.2) is 0 Å². The van der Waals surface area contributed by atoms with Gasteiger partial charge in [0.05, 0.1) is 6.54 Å². The maximum absolute atomic E-state index is 11.5. The van der Waals surface area contributed by atoms with Crippen molar-refractivity contribution in [1.29, 1.82) is 0 Å². The fraction of sp³-hybridized carbons (Fsp3) is 0.733. The Morgan fingerprint density at radius 2 is 1.89 bits per heavy atom. The van der Waals surface area contributed by atoms with E-state index in [0.717, 1.165) is 16.6 Å². The van der Waals surface area contributed by atoms with E-state index >= 15 is 0 Å². The second kappa shape index (κ2) is 8.31. The molecule has 1 aromatic heterocycles. The van der Waals surface area contributed by atoms with Crippen molar-refractivity contribution in [2.45, 2.75) is 61.4 Å². The molecule has 0 radical (unpaired) electrons. The molecule has 0 bridgehead atoms. The van der Waals surface area contributed by atoms with Crippen LogP contribution in [0, 0.1) is 18.3 Å². The molecular weight excluding hydrogens is 256 g/mol. The third-order valence-corrected chi connectivity index (χ3v) is 2.76. The molecule has 0 spiro atoms. The summed E-state index contributed by atoms with van der Waals surface area (Å²) in [4.78, 5) is 15.8. The number of nitrogens with zero attached hydrogens (tertiary/aromatic N) is 1. The van der Waals surface area contributed by atoms with Crippen LogP contribution >= 0.6 is 11.3 Å². The van der Waals surface area contributed by atoms with Crippen LogP contribution in [0.5, 0.6) is 0 Å². The fourth-order valence-corrected chi connectivity index (χ4v) is 1.91. The van der Waals surface area contributed by atoms with Crippen LogP contribution in [-0.4, -0.2) is 10.9 Å². The zero-order valence-corrected chi connectivity index (χ0v) is 14.1. The molecule has 0 fully saturated rings. The van der Waals surface area contributed by atoms with Crippen LogP contribution in [0.15, 0.2) is 5.38 Å². The van der Waals surface area contributed by atoms with E-state index in [2.05, 4.69) is 51.8 Å². The SMILES string of the molecule is CC(C)C.Cc1csc(CNC(=O)CC(C)(C)C)n1. The lowest BCUT2D eigenvalue weighted by molar-refractivity contribution is -0.122. The fourth-order valence-electron chi connectivity index (χ4n) is 1.20. The summed E-state index contributed by atoms with van der Waals surface area (Å²) in [5.41, 5.74) is 1.06. The van der Waals surface area contributed by atoms with E-state index in [1.165, 1.54) is 0 Å². The number of nitrogens with one attached hydrogen (secondary N) is 1. The Morgan fingerprint density at radius 3 is 2.26 bits per heavy atom. The highest BCUT2D eigenvalue weighted by atomic mass is 32.1. The zero-order chi connectivity index (χ0) is 15.1. The van der Waals surface area contributed by atoms with E-state index in [9.17, 15) is 4.79 Å². The van der Waals surface area contributed by atoms with E-state index in [4.69, 9.17) is 0 Å². The van der Waals surface area contributed by atoms with Crippen LogP contribution in [-0.2, 0) is 11.3 Å². The Balaban J connectivity index is 0.000000711. The Bertz CT molecular complexity index is 375. The molecule has 110 valence electrons. The van der Waals surface area contributed by atoms with Crippen molar-refractivity contribution in [3.63, 3.8) is 0 Å². The van der Waals surface area contributed by atoms with E-state index < -0.39 is 0 Å². The predicted molar refractivity (Wildman–Crippen MR) is 83.3 cm³/mol. The topological polar surface area (TPSA) is 42.0 Å². The van der Waals surface area contributed by atoms with Crippen molar-refractivity contribution in [3.05, 3.63) is 16.1 Å². The summed E-state index contributed by atoms with van der Waals surface area (Å²) in [6.07, 6.45) is 0.553. The van der Waals surface area contributed by atoms with Gasteiger partial charge in [-0.3, -0.25) is 4.79 Å². The van der Waals surface area contributed by atoms with Gasteiger partial charge in [-0.25, -0.2) is 4.98 Å². The van der Waals surface area contributed by atoms with Crippen molar-refractivity contribution in [1.82, 2.24) is 10.3 Å². The maximum atomic E-state index is 11.5. The molecule has 19 heavy (non-hydrogen) atoms. The average molecular weight is 284 g/mol. The van der Waals surface area contributed by atoms with E-state index in [-0.39, 0.29) is 11.3 Å². The smallest absolute Gasteiger partial charge is 0.220 e. The molecule has 1 heterocycles. The predicted octanol–water partition coefficient (Wildman–Crippen LogP) is 4.17. The third-order valence-electron chi connectivity index (χ3n) is 1.79. The van der Waals surface area contributed by atoms with Gasteiger partial charge in [0.2, 0.25) is 5.91 Å². The summed E-state index contributed by atoms with van der Waals surface area (Å²) < 4.78 is 0. The summed E-state index contributed by atoms with van der Waals surface area (Å²) in [6.45, 7) is 15.2. The number of carbonyl (C=O) groups excluding carboxylic acids is 1. The zero-order valence-electron chi connectivity index (χ0n) is 13.3. The van der Waals surface area contributed by atoms with Gasteiger partial charge in [-0.05, 0) is 18.3 Å². The van der Waals surface area contributed by atoms with Gasteiger partial charge in [-0.1, -0.05) is 41.5 Å². The maximum Gasteiger partial charge on any atom is 0.220 e. The van der Waals surface area contributed by atoms with Gasteiger partial charge < -0.3 is 5.32 Å². The molecule has 3 nitrogen and oxygen atoms in total. The van der Waals surface area contributed by atoms with Crippen molar-refractivity contribution < 1.29 is 4.79 Å². The normalized spacial score (nSPS) is 10.9. The molecule has 0 aliphatic carbocycles. The van der Waals surface area contributed by atoms with Crippen molar-refractivity contribution in [2.75, 3.05) is 0 Å². The second-order valence-corrected chi connectivity index (χ2v) is 7.57. The summed E-state index contributed by atoms with van der Waals surface area (Å²) in [5.74, 6) is 0.926. The number of amides is 1. The number of hydrogen-bond donors (Lipinski definition) is 1. The molecule has 1 amide bonds. The molecule has 0 saturated heterocycles. The number of carbonyl (C=O) groups is 1. The highest BCUT2D eigenvalue weighted by Crippen LogP contribution is 2.18. The lowest BCUT2D eigenvalue weighted by Gasteiger charge is -2.16. The second-order valence-electron chi connectivity index (χ2n) is 6.63. The minimum Gasteiger partial charge on any atom is -0.350 e. The molecule has 0 saturated carbocycles. The first-order valence-electron chi connectivity index (χ1n) is 6.78. The van der Waals surface area contributed by atoms with Gasteiger partial charge in [-0.15, -0.1) is 11.3 Å². The summed E-state index contributed by atoms with van der Waals surface area (Å²) in [6, 6.07) is 0. The lowest BCUT2D eigenvalue weighted by Crippen LogP contribution is -2.27. The van der Waals surface area contributed by atoms with Gasteiger partial charge in [0, 0.05) is 17.5 Å². The van der Waals surface area contributed by atoms with Crippen molar-refractivity contribution in [2.24, 2.45) is 11.3 Å². The molecule has 1 rings (SSSR count). The van der Waals surface area contributed by atoms with Crippen LogP contribution in [0.25, 0.3) is 0 Å². The number of aryl methyl sites for hydroxylation is 1. The Hall–Kier alpha value is -0.900. The van der Waals surface area contributed by atoms with Crippen LogP contribution < -0.4 is 5.32 Å². The molecule has 4 heteroatoms. The van der Waals surface area contributed by atoms with E-state index in [0.29, 0.717) is 13.0 Å². The average Bonchev–Trinajstić information content (AvgIpc) is 2.57. The van der Waals surface area contributed by atoms with Gasteiger partial charge in [-0.2, -0.15) is 0 Å². The Kier molecular flexibility index (Phi) is 7.91. The summed E-state index contributed by atoms with van der Waals surface area (Å²) >= 11 is 1.58. The lowest BCUT2D eigenvalue weighted by atomic mass is 9.92. The first-order chi connectivity index (χ1) is 8.60. The van der Waals surface area contributed by atoms with Gasteiger partial charge in [0.25, 0.3) is 0 Å². The number of aromatic nitrogens is 1. The highest BCUT2D eigenvalue weighted by molar-refractivity contribution is 7.09. The molecule has 0 aliphatic rings. The third kappa shape index (κ3) is 11.9. The monoisotopic (exact) mass is 284 g/mol. The quantitative estimate of drug-likeness (QED) is 0.905. The first-order valence-corrected chi connectivity index (χ1v) is 7.66. The van der Waals surface area contributed by atoms with Crippen LogP contribution in [0.2, 0.25) is 0 Å². The standard InChI is InChI=1S/C11H18N2OS.C4H10/c1-8-7-15-10(13-8)6-12-9(14)5-11(2,3)4;1-4(2)3/h7H,5-6H2,1-4H3,(H,12,14);4H,1-3H3. The molecule has 0 aliphatic heterocycles. The van der Waals surface area contributed by atoms with Crippen molar-refractivity contribution in [3.8, 4) is 0 Å². The van der Waals surface area contributed by atoms with Crippen LogP contribution in [0.4, 0.5) is 0 Å². The molecule has 0 aromatic carbocycles. The molecule has 1 aromatic rings. The van der Waals surface area contributed by atoms with Crippen LogP contribution in [0.3, 0.4) is 0 Å². The largest absolute Gasteiger partial charge is 0.350 e. The summed E-state index contributed by atoms with van der Waals surface area (Å²) in [5, 5.41) is 5.84. The summed E-state index contributed by atoms with van der Waals surface area (Å²) in [7, 11) is 0. The highest BCUT2D eigenvalue weighted by Gasteiger charge is 2.15.